The van der Waals surface area contributed by atoms with Crippen LogP contribution in [0, 0.1) is 5.82 Å². The van der Waals surface area contributed by atoms with Gasteiger partial charge in [-0.15, -0.1) is 0 Å². The Morgan fingerprint density at radius 1 is 1.19 bits per heavy atom. The van der Waals surface area contributed by atoms with Crippen molar-refractivity contribution in [2.75, 3.05) is 5.32 Å². The van der Waals surface area contributed by atoms with Gasteiger partial charge in [0.15, 0.2) is 6.10 Å². The van der Waals surface area contributed by atoms with Gasteiger partial charge in [0.2, 0.25) is 0 Å². The van der Waals surface area contributed by atoms with Crippen LogP contribution in [-0.2, 0) is 11.2 Å². The summed E-state index contributed by atoms with van der Waals surface area (Å²) in [6, 6.07) is 13.6. The number of para-hydroxylation sites is 1. The molecule has 1 N–H and O–H groups in total. The van der Waals surface area contributed by atoms with Gasteiger partial charge >= 0.3 is 0 Å². The lowest BCUT2D eigenvalue weighted by Gasteiger charge is -2.15. The quantitative estimate of drug-likeness (QED) is 0.908. The topological polar surface area (TPSA) is 38.3 Å². The average molecular weight is 287 g/mol. The first kappa shape index (κ1) is 15.0. The first-order chi connectivity index (χ1) is 10.1. The van der Waals surface area contributed by atoms with Crippen LogP contribution in [0.15, 0.2) is 48.5 Å². The maximum Gasteiger partial charge on any atom is 0.265 e. The number of halogens is 1. The summed E-state index contributed by atoms with van der Waals surface area (Å²) in [5.41, 5.74) is 1.35. The first-order valence-electron chi connectivity index (χ1n) is 6.91. The fourth-order valence-electron chi connectivity index (χ4n) is 1.86. The van der Waals surface area contributed by atoms with E-state index >= 15 is 0 Å². The molecule has 0 saturated heterocycles. The molecule has 0 heterocycles. The number of aryl methyl sites for hydroxylation is 1. The Morgan fingerprint density at radius 3 is 2.48 bits per heavy atom. The minimum Gasteiger partial charge on any atom is -0.481 e. The molecule has 0 spiro atoms. The maximum atomic E-state index is 13.5. The summed E-state index contributed by atoms with van der Waals surface area (Å²) in [6.45, 7) is 3.70. The highest BCUT2D eigenvalue weighted by Gasteiger charge is 2.16. The molecule has 0 aliphatic heterocycles. The van der Waals surface area contributed by atoms with Crippen LogP contribution >= 0.6 is 0 Å². The molecule has 4 heteroatoms. The summed E-state index contributed by atoms with van der Waals surface area (Å²) in [4.78, 5) is 12.0. The highest BCUT2D eigenvalue weighted by atomic mass is 19.1. The minimum absolute atomic E-state index is 0.152. The molecule has 0 aromatic heterocycles. The predicted molar refractivity (Wildman–Crippen MR) is 80.9 cm³/mol. The molecule has 0 fully saturated rings. The molecule has 2 aromatic carbocycles. The molecule has 0 saturated carbocycles. The van der Waals surface area contributed by atoms with E-state index in [-0.39, 0.29) is 11.6 Å². The van der Waals surface area contributed by atoms with Crippen LogP contribution < -0.4 is 10.1 Å². The lowest BCUT2D eigenvalue weighted by Crippen LogP contribution is -2.30. The van der Waals surface area contributed by atoms with Gasteiger partial charge in [0, 0.05) is 0 Å². The number of benzene rings is 2. The summed E-state index contributed by atoms with van der Waals surface area (Å²) in [7, 11) is 0. The largest absolute Gasteiger partial charge is 0.481 e. The van der Waals surface area contributed by atoms with Crippen LogP contribution in [0.4, 0.5) is 10.1 Å². The van der Waals surface area contributed by atoms with Crippen molar-refractivity contribution in [3.05, 3.63) is 59.9 Å². The second-order valence-corrected chi connectivity index (χ2v) is 4.73. The molecule has 1 unspecified atom stereocenters. The Morgan fingerprint density at radius 2 is 1.86 bits per heavy atom. The van der Waals surface area contributed by atoms with Crippen molar-refractivity contribution in [1.82, 2.24) is 0 Å². The van der Waals surface area contributed by atoms with Gasteiger partial charge in [-0.3, -0.25) is 4.79 Å². The van der Waals surface area contributed by atoms with Crippen LogP contribution in [0.25, 0.3) is 0 Å². The van der Waals surface area contributed by atoms with Gasteiger partial charge in [-0.1, -0.05) is 31.2 Å². The highest BCUT2D eigenvalue weighted by Crippen LogP contribution is 2.16. The summed E-state index contributed by atoms with van der Waals surface area (Å²) in [6.07, 6.45) is 0.237. The van der Waals surface area contributed by atoms with Crippen LogP contribution in [0.3, 0.4) is 0 Å². The Balaban J connectivity index is 1.97. The number of hydrogen-bond acceptors (Lipinski definition) is 2. The molecule has 0 aliphatic rings. The smallest absolute Gasteiger partial charge is 0.265 e. The Hall–Kier alpha value is -2.36. The van der Waals surface area contributed by atoms with Gasteiger partial charge in [0.25, 0.3) is 5.91 Å². The van der Waals surface area contributed by atoms with E-state index in [0.29, 0.717) is 5.75 Å². The second-order valence-electron chi connectivity index (χ2n) is 4.73. The fraction of sp³-hybridized carbons (Fsp3) is 0.235. The van der Waals surface area contributed by atoms with Gasteiger partial charge in [0.05, 0.1) is 5.69 Å². The van der Waals surface area contributed by atoms with Crippen LogP contribution in [-0.4, -0.2) is 12.0 Å². The SMILES string of the molecule is CCc1ccc(OC(C)C(=O)Nc2ccccc2F)cc1. The van der Waals surface area contributed by atoms with E-state index in [1.54, 1.807) is 19.1 Å². The number of rotatable bonds is 5. The molecular formula is C17H18FNO2. The monoisotopic (exact) mass is 287 g/mol. The van der Waals surface area contributed by atoms with E-state index in [0.717, 1.165) is 6.42 Å². The molecule has 2 rings (SSSR count). The molecule has 0 bridgehead atoms. The number of nitrogens with one attached hydrogen (secondary N) is 1. The Labute approximate surface area is 123 Å². The average Bonchev–Trinajstić information content (AvgIpc) is 2.50. The normalized spacial score (nSPS) is 11.8. The zero-order valence-corrected chi connectivity index (χ0v) is 12.1. The Bertz CT molecular complexity index is 610. The minimum atomic E-state index is -0.711. The van der Waals surface area contributed by atoms with E-state index in [2.05, 4.69) is 12.2 Å². The number of ether oxygens (including phenoxy) is 1. The number of anilines is 1. The van der Waals surface area contributed by atoms with Crippen molar-refractivity contribution in [2.24, 2.45) is 0 Å². The molecule has 1 atom stereocenters. The number of amides is 1. The van der Waals surface area contributed by atoms with Crippen LogP contribution in [0.5, 0.6) is 5.75 Å². The molecule has 0 radical (unpaired) electrons. The third kappa shape index (κ3) is 4.05. The molecule has 110 valence electrons. The number of carbonyl (C=O) groups is 1. The Kier molecular flexibility index (Phi) is 4.93. The van der Waals surface area contributed by atoms with Gasteiger partial charge in [-0.05, 0) is 43.2 Å². The van der Waals surface area contributed by atoms with Crippen molar-refractivity contribution < 1.29 is 13.9 Å². The van der Waals surface area contributed by atoms with Crippen LogP contribution in [0.1, 0.15) is 19.4 Å². The number of carbonyl (C=O) groups excluding carboxylic acids is 1. The summed E-state index contributed by atoms with van der Waals surface area (Å²) < 4.78 is 19.0. The predicted octanol–water partition coefficient (Wildman–Crippen LogP) is 3.79. The number of hydrogen-bond donors (Lipinski definition) is 1. The zero-order chi connectivity index (χ0) is 15.2. The molecule has 1 amide bonds. The van der Waals surface area contributed by atoms with Crippen molar-refractivity contribution >= 4 is 11.6 Å². The van der Waals surface area contributed by atoms with Gasteiger partial charge in [0.1, 0.15) is 11.6 Å². The standard InChI is InChI=1S/C17H18FNO2/c1-3-13-8-10-14(11-9-13)21-12(2)17(20)19-16-7-5-4-6-15(16)18/h4-12H,3H2,1-2H3,(H,19,20). The maximum absolute atomic E-state index is 13.5. The summed E-state index contributed by atoms with van der Waals surface area (Å²) in [5.74, 6) is -0.242. The van der Waals surface area contributed by atoms with Crippen molar-refractivity contribution in [2.45, 2.75) is 26.4 Å². The molecule has 0 aliphatic carbocycles. The third-order valence-corrected chi connectivity index (χ3v) is 3.15. The third-order valence-electron chi connectivity index (χ3n) is 3.15. The van der Waals surface area contributed by atoms with Crippen molar-refractivity contribution in [3.8, 4) is 5.75 Å². The van der Waals surface area contributed by atoms with Crippen molar-refractivity contribution in [1.29, 1.82) is 0 Å². The fourth-order valence-corrected chi connectivity index (χ4v) is 1.86. The van der Waals surface area contributed by atoms with Crippen LogP contribution in [0.2, 0.25) is 0 Å². The van der Waals surface area contributed by atoms with E-state index in [4.69, 9.17) is 4.74 Å². The van der Waals surface area contributed by atoms with E-state index in [1.807, 2.05) is 24.3 Å². The van der Waals surface area contributed by atoms with Gasteiger partial charge in [-0.2, -0.15) is 0 Å². The van der Waals surface area contributed by atoms with E-state index in [9.17, 15) is 9.18 Å². The molecule has 21 heavy (non-hydrogen) atoms. The van der Waals surface area contributed by atoms with Gasteiger partial charge in [-0.25, -0.2) is 4.39 Å². The summed E-state index contributed by atoms with van der Waals surface area (Å²) in [5, 5.41) is 2.51. The van der Waals surface area contributed by atoms with Gasteiger partial charge < -0.3 is 10.1 Å². The summed E-state index contributed by atoms with van der Waals surface area (Å²) >= 11 is 0. The second kappa shape index (κ2) is 6.88. The molecule has 3 nitrogen and oxygen atoms in total. The molecular weight excluding hydrogens is 269 g/mol. The highest BCUT2D eigenvalue weighted by molar-refractivity contribution is 5.94. The molecule has 2 aromatic rings. The first-order valence-corrected chi connectivity index (χ1v) is 6.91. The zero-order valence-electron chi connectivity index (χ0n) is 12.1. The van der Waals surface area contributed by atoms with E-state index in [1.165, 1.54) is 17.7 Å². The van der Waals surface area contributed by atoms with Crippen molar-refractivity contribution in [3.63, 3.8) is 0 Å². The van der Waals surface area contributed by atoms with E-state index < -0.39 is 11.9 Å². The lowest BCUT2D eigenvalue weighted by molar-refractivity contribution is -0.122. The lowest BCUT2D eigenvalue weighted by atomic mass is 10.2.